The first-order valence-electron chi connectivity index (χ1n) is 6.57. The number of pyridine rings is 1. The third-order valence-electron chi connectivity index (χ3n) is 3.57. The van der Waals surface area contributed by atoms with Crippen LogP contribution in [0.4, 0.5) is 5.82 Å². The van der Waals surface area contributed by atoms with E-state index in [2.05, 4.69) is 28.9 Å². The summed E-state index contributed by atoms with van der Waals surface area (Å²) in [5, 5.41) is 3.35. The first-order chi connectivity index (χ1) is 9.24. The predicted molar refractivity (Wildman–Crippen MR) is 74.1 cm³/mol. The Labute approximate surface area is 112 Å². The van der Waals surface area contributed by atoms with E-state index >= 15 is 0 Å². The van der Waals surface area contributed by atoms with Crippen molar-refractivity contribution in [2.75, 3.05) is 11.9 Å². The number of benzene rings is 1. The van der Waals surface area contributed by atoms with Gasteiger partial charge in [-0.05, 0) is 18.6 Å². The molecular formula is C16H17N2O+. The molecule has 1 aromatic heterocycles. The van der Waals surface area contributed by atoms with E-state index in [4.69, 9.17) is 0 Å². The van der Waals surface area contributed by atoms with Crippen LogP contribution >= 0.6 is 0 Å². The number of anilines is 1. The maximum atomic E-state index is 12.4. The molecule has 0 spiro atoms. The minimum atomic E-state index is 0.00241. The second kappa shape index (κ2) is 4.84. The molecule has 1 aliphatic heterocycles. The van der Waals surface area contributed by atoms with Gasteiger partial charge in [-0.3, -0.25) is 10.1 Å². The van der Waals surface area contributed by atoms with Crippen molar-refractivity contribution in [1.29, 1.82) is 0 Å². The molecule has 1 unspecified atom stereocenters. The van der Waals surface area contributed by atoms with E-state index in [0.29, 0.717) is 6.54 Å². The number of ketones is 1. The largest absolute Gasteiger partial charge is 0.294 e. The average molecular weight is 253 g/mol. The molecule has 19 heavy (non-hydrogen) atoms. The van der Waals surface area contributed by atoms with Crippen LogP contribution in [0.15, 0.2) is 48.7 Å². The van der Waals surface area contributed by atoms with Crippen LogP contribution in [0.25, 0.3) is 0 Å². The van der Waals surface area contributed by atoms with Gasteiger partial charge >= 0.3 is 0 Å². The highest BCUT2D eigenvalue weighted by Gasteiger charge is 2.29. The molecular weight excluding hydrogens is 236 g/mol. The quantitative estimate of drug-likeness (QED) is 0.657. The van der Waals surface area contributed by atoms with Crippen molar-refractivity contribution in [2.24, 2.45) is 5.92 Å². The Balaban J connectivity index is 1.82. The van der Waals surface area contributed by atoms with E-state index in [9.17, 15) is 4.79 Å². The van der Waals surface area contributed by atoms with Gasteiger partial charge in [0.2, 0.25) is 0 Å². The molecule has 1 atom stereocenters. The zero-order valence-corrected chi connectivity index (χ0v) is 11.0. The maximum absolute atomic E-state index is 12.4. The molecule has 3 heteroatoms. The van der Waals surface area contributed by atoms with Crippen molar-refractivity contribution in [1.82, 2.24) is 0 Å². The Hall–Kier alpha value is -2.16. The van der Waals surface area contributed by atoms with Crippen LogP contribution in [0.1, 0.15) is 15.9 Å². The van der Waals surface area contributed by atoms with Crippen LogP contribution in [0.2, 0.25) is 0 Å². The minimum Gasteiger partial charge on any atom is -0.294 e. The van der Waals surface area contributed by atoms with Gasteiger partial charge in [-0.1, -0.05) is 30.3 Å². The summed E-state index contributed by atoms with van der Waals surface area (Å²) in [5.41, 5.74) is 2.03. The van der Waals surface area contributed by atoms with Gasteiger partial charge in [-0.15, -0.1) is 0 Å². The second-order valence-electron chi connectivity index (χ2n) is 5.05. The highest BCUT2D eigenvalue weighted by Crippen LogP contribution is 2.16. The van der Waals surface area contributed by atoms with Crippen LogP contribution in [0.5, 0.6) is 0 Å². The van der Waals surface area contributed by atoms with Crippen LogP contribution in [-0.2, 0) is 6.54 Å². The Morgan fingerprint density at radius 2 is 2.05 bits per heavy atom. The van der Waals surface area contributed by atoms with Gasteiger partial charge in [0.05, 0.1) is 18.7 Å². The molecule has 0 amide bonds. The van der Waals surface area contributed by atoms with Crippen LogP contribution in [0.3, 0.4) is 0 Å². The van der Waals surface area contributed by atoms with E-state index in [0.717, 1.165) is 17.9 Å². The maximum Gasteiger partial charge on any atom is 0.274 e. The van der Waals surface area contributed by atoms with Gasteiger partial charge in [0.1, 0.15) is 6.54 Å². The molecule has 0 aliphatic carbocycles. The Morgan fingerprint density at radius 1 is 1.26 bits per heavy atom. The first kappa shape index (κ1) is 11.9. The highest BCUT2D eigenvalue weighted by atomic mass is 16.1. The molecule has 1 N–H and O–H groups in total. The molecule has 0 saturated heterocycles. The van der Waals surface area contributed by atoms with E-state index in [1.165, 1.54) is 5.56 Å². The third kappa shape index (κ3) is 2.36. The fourth-order valence-electron chi connectivity index (χ4n) is 2.49. The molecule has 1 aliphatic rings. The predicted octanol–water partition coefficient (Wildman–Crippen LogP) is 2.21. The number of Topliss-reactive ketones (excluding diaryl/α,β-unsaturated/α-hetero) is 1. The van der Waals surface area contributed by atoms with Gasteiger partial charge in [0.25, 0.3) is 5.82 Å². The molecule has 1 aromatic carbocycles. The molecule has 0 radical (unpaired) electrons. The number of nitrogens with one attached hydrogen (secondary N) is 1. The van der Waals surface area contributed by atoms with E-state index in [1.54, 1.807) is 0 Å². The van der Waals surface area contributed by atoms with E-state index in [1.807, 2.05) is 36.5 Å². The number of carbonyl (C=O) groups excluding carboxylic acids is 1. The lowest BCUT2D eigenvalue weighted by atomic mass is 9.96. The molecule has 3 nitrogen and oxygen atoms in total. The topological polar surface area (TPSA) is 33.0 Å². The van der Waals surface area contributed by atoms with E-state index < -0.39 is 0 Å². The lowest BCUT2D eigenvalue weighted by Gasteiger charge is -2.20. The van der Waals surface area contributed by atoms with E-state index in [-0.39, 0.29) is 11.7 Å². The molecule has 2 aromatic rings. The number of fused-ring (bicyclic) bond motifs is 1. The molecule has 0 fully saturated rings. The number of aryl methyl sites for hydroxylation is 1. The summed E-state index contributed by atoms with van der Waals surface area (Å²) in [6.45, 7) is 3.53. The first-order valence-corrected chi connectivity index (χ1v) is 6.57. The highest BCUT2D eigenvalue weighted by molar-refractivity contribution is 5.98. The van der Waals surface area contributed by atoms with Gasteiger partial charge in [0, 0.05) is 11.6 Å². The molecule has 0 saturated carbocycles. The van der Waals surface area contributed by atoms with Crippen molar-refractivity contribution >= 4 is 11.6 Å². The van der Waals surface area contributed by atoms with Gasteiger partial charge in [-0.2, -0.15) is 0 Å². The Bertz CT molecular complexity index is 607. The Morgan fingerprint density at radius 3 is 2.84 bits per heavy atom. The lowest BCUT2D eigenvalue weighted by molar-refractivity contribution is -0.690. The normalized spacial score (nSPS) is 17.4. The lowest BCUT2D eigenvalue weighted by Crippen LogP contribution is -2.49. The summed E-state index contributed by atoms with van der Waals surface area (Å²) in [7, 11) is 0. The van der Waals surface area contributed by atoms with Crippen molar-refractivity contribution in [3.8, 4) is 0 Å². The number of carbonyl (C=O) groups is 1. The summed E-state index contributed by atoms with van der Waals surface area (Å²) < 4.78 is 2.11. The summed E-state index contributed by atoms with van der Waals surface area (Å²) in [4.78, 5) is 12.4. The number of hydrogen-bond donors (Lipinski definition) is 1. The summed E-state index contributed by atoms with van der Waals surface area (Å²) in [6, 6.07) is 13.7. The molecule has 0 bridgehead atoms. The zero-order valence-electron chi connectivity index (χ0n) is 11.0. The van der Waals surface area contributed by atoms with Crippen molar-refractivity contribution < 1.29 is 9.36 Å². The molecule has 2 heterocycles. The van der Waals surface area contributed by atoms with Gasteiger partial charge in [-0.25, -0.2) is 4.57 Å². The number of nitrogens with zero attached hydrogens (tertiary/aromatic N) is 1. The van der Waals surface area contributed by atoms with Gasteiger partial charge in [0.15, 0.2) is 5.78 Å². The summed E-state index contributed by atoms with van der Waals surface area (Å²) in [5.74, 6) is 1.31. The Kier molecular flexibility index (Phi) is 3.03. The summed E-state index contributed by atoms with van der Waals surface area (Å²) >= 11 is 0. The fraction of sp³-hybridized carbons (Fsp3) is 0.250. The molecule has 3 rings (SSSR count). The molecule has 96 valence electrons. The van der Waals surface area contributed by atoms with Crippen molar-refractivity contribution in [2.45, 2.75) is 13.5 Å². The average Bonchev–Trinajstić information content (AvgIpc) is 2.47. The fourth-order valence-corrected chi connectivity index (χ4v) is 2.49. The number of hydrogen-bond acceptors (Lipinski definition) is 2. The van der Waals surface area contributed by atoms with Crippen LogP contribution in [0, 0.1) is 12.8 Å². The third-order valence-corrected chi connectivity index (χ3v) is 3.57. The standard InChI is InChI=1S/C16H16N2O/c1-12-7-8-18-11-14(10-17-15(18)9-12)16(19)13-5-3-2-4-6-13/h2-9,14H,10-11H2,1H3/p+1. The number of aromatic nitrogens is 1. The monoisotopic (exact) mass is 253 g/mol. The van der Waals surface area contributed by atoms with Gasteiger partial charge < -0.3 is 0 Å². The van der Waals surface area contributed by atoms with Crippen molar-refractivity contribution in [3.63, 3.8) is 0 Å². The SMILES string of the molecule is Cc1cc[n+]2c(c1)NCC(C(=O)c1ccccc1)C2. The second-order valence-corrected chi connectivity index (χ2v) is 5.05. The minimum absolute atomic E-state index is 0.00241. The number of rotatable bonds is 2. The summed E-state index contributed by atoms with van der Waals surface area (Å²) in [6.07, 6.45) is 2.04. The van der Waals surface area contributed by atoms with Crippen LogP contribution < -0.4 is 9.88 Å². The van der Waals surface area contributed by atoms with Crippen molar-refractivity contribution in [3.05, 3.63) is 59.8 Å². The zero-order chi connectivity index (χ0) is 13.2. The smallest absolute Gasteiger partial charge is 0.274 e. The van der Waals surface area contributed by atoms with Crippen LogP contribution in [-0.4, -0.2) is 12.3 Å².